The SMILES string of the molecule is O=C(CN1C(=O)NC2(CCCCC2)C1=O)N1CCN(c2ccccc2F)CC1. The summed E-state index contributed by atoms with van der Waals surface area (Å²) in [6.07, 6.45) is 4.17. The van der Waals surface area contributed by atoms with E-state index in [0.29, 0.717) is 44.7 Å². The molecule has 1 aromatic rings. The van der Waals surface area contributed by atoms with Crippen LogP contribution < -0.4 is 10.2 Å². The van der Waals surface area contributed by atoms with Crippen molar-refractivity contribution in [2.24, 2.45) is 0 Å². The van der Waals surface area contributed by atoms with Crippen molar-refractivity contribution in [2.75, 3.05) is 37.6 Å². The third kappa shape index (κ3) is 3.31. The lowest BCUT2D eigenvalue weighted by molar-refractivity contribution is -0.139. The van der Waals surface area contributed by atoms with Gasteiger partial charge in [0.2, 0.25) is 5.91 Å². The van der Waals surface area contributed by atoms with E-state index < -0.39 is 11.6 Å². The van der Waals surface area contributed by atoms with Gasteiger partial charge in [0.25, 0.3) is 5.91 Å². The van der Waals surface area contributed by atoms with E-state index in [1.54, 1.807) is 23.1 Å². The van der Waals surface area contributed by atoms with Gasteiger partial charge in [-0.1, -0.05) is 31.4 Å². The van der Waals surface area contributed by atoms with Crippen LogP contribution >= 0.6 is 0 Å². The molecule has 0 bridgehead atoms. The Morgan fingerprint density at radius 2 is 1.71 bits per heavy atom. The Kier molecular flexibility index (Phi) is 4.95. The van der Waals surface area contributed by atoms with Crippen LogP contribution in [-0.4, -0.2) is 65.9 Å². The van der Waals surface area contributed by atoms with E-state index in [-0.39, 0.29) is 24.2 Å². The van der Waals surface area contributed by atoms with E-state index in [1.165, 1.54) is 6.07 Å². The number of para-hydroxylation sites is 1. The maximum atomic E-state index is 13.9. The molecular weight excluding hydrogens is 363 g/mol. The number of piperazine rings is 1. The van der Waals surface area contributed by atoms with Crippen LogP contribution in [0.1, 0.15) is 32.1 Å². The normalized spacial score (nSPS) is 22.0. The van der Waals surface area contributed by atoms with Crippen LogP contribution in [0.5, 0.6) is 0 Å². The first-order chi connectivity index (χ1) is 13.5. The summed E-state index contributed by atoms with van der Waals surface area (Å²) >= 11 is 0. The van der Waals surface area contributed by atoms with Crippen molar-refractivity contribution in [3.05, 3.63) is 30.1 Å². The van der Waals surface area contributed by atoms with Gasteiger partial charge >= 0.3 is 6.03 Å². The molecule has 4 amide bonds. The molecule has 7 nitrogen and oxygen atoms in total. The van der Waals surface area contributed by atoms with E-state index in [1.807, 2.05) is 4.90 Å². The zero-order valence-corrected chi connectivity index (χ0v) is 15.8. The molecule has 2 saturated heterocycles. The quantitative estimate of drug-likeness (QED) is 0.801. The molecule has 1 saturated carbocycles. The maximum Gasteiger partial charge on any atom is 0.325 e. The monoisotopic (exact) mass is 388 g/mol. The smallest absolute Gasteiger partial charge is 0.325 e. The molecule has 0 radical (unpaired) electrons. The van der Waals surface area contributed by atoms with Gasteiger partial charge < -0.3 is 15.1 Å². The second-order valence-corrected chi connectivity index (χ2v) is 7.78. The minimum atomic E-state index is -0.806. The number of halogens is 1. The summed E-state index contributed by atoms with van der Waals surface area (Å²) in [4.78, 5) is 42.4. The van der Waals surface area contributed by atoms with Gasteiger partial charge in [-0.05, 0) is 25.0 Å². The van der Waals surface area contributed by atoms with Crippen molar-refractivity contribution in [1.29, 1.82) is 0 Å². The van der Waals surface area contributed by atoms with Gasteiger partial charge in [0.1, 0.15) is 17.9 Å². The van der Waals surface area contributed by atoms with E-state index in [0.717, 1.165) is 24.2 Å². The number of imide groups is 1. The van der Waals surface area contributed by atoms with Gasteiger partial charge in [-0.3, -0.25) is 14.5 Å². The third-order valence-electron chi connectivity index (χ3n) is 6.07. The number of nitrogens with one attached hydrogen (secondary N) is 1. The largest absolute Gasteiger partial charge is 0.366 e. The number of urea groups is 1. The van der Waals surface area contributed by atoms with Crippen LogP contribution in [0, 0.1) is 5.82 Å². The number of hydrogen-bond acceptors (Lipinski definition) is 4. The highest BCUT2D eigenvalue weighted by atomic mass is 19.1. The second kappa shape index (κ2) is 7.41. The molecule has 1 aromatic carbocycles. The summed E-state index contributed by atoms with van der Waals surface area (Å²) in [5.74, 6) is -0.792. The predicted octanol–water partition coefficient (Wildman–Crippen LogP) is 1.73. The lowest BCUT2D eigenvalue weighted by atomic mass is 9.82. The lowest BCUT2D eigenvalue weighted by Gasteiger charge is -2.36. The predicted molar refractivity (Wildman–Crippen MR) is 101 cm³/mol. The first-order valence-electron chi connectivity index (χ1n) is 9.91. The Labute approximate surface area is 163 Å². The first kappa shape index (κ1) is 18.7. The van der Waals surface area contributed by atoms with Gasteiger partial charge in [-0.2, -0.15) is 0 Å². The van der Waals surface area contributed by atoms with Gasteiger partial charge in [0.05, 0.1) is 5.69 Å². The molecule has 1 spiro atoms. The van der Waals surface area contributed by atoms with Gasteiger partial charge in [0.15, 0.2) is 0 Å². The zero-order chi connectivity index (χ0) is 19.7. The molecule has 4 rings (SSSR count). The Hall–Kier alpha value is -2.64. The molecule has 1 N–H and O–H groups in total. The fraction of sp³-hybridized carbons (Fsp3) is 0.550. The average molecular weight is 388 g/mol. The molecule has 8 heteroatoms. The van der Waals surface area contributed by atoms with Crippen molar-refractivity contribution in [2.45, 2.75) is 37.6 Å². The average Bonchev–Trinajstić information content (AvgIpc) is 2.93. The highest BCUT2D eigenvalue weighted by Crippen LogP contribution is 2.33. The number of carbonyl (C=O) groups is 3. The molecule has 1 aliphatic carbocycles. The molecule has 3 aliphatic rings. The fourth-order valence-corrected chi connectivity index (χ4v) is 4.45. The second-order valence-electron chi connectivity index (χ2n) is 7.78. The maximum absolute atomic E-state index is 13.9. The highest BCUT2D eigenvalue weighted by Gasteiger charge is 2.51. The van der Waals surface area contributed by atoms with Gasteiger partial charge in [-0.25, -0.2) is 9.18 Å². The topological polar surface area (TPSA) is 73.0 Å². The van der Waals surface area contributed by atoms with E-state index in [2.05, 4.69) is 5.32 Å². The molecular formula is C20H25FN4O3. The van der Waals surface area contributed by atoms with E-state index >= 15 is 0 Å². The number of amides is 4. The summed E-state index contributed by atoms with van der Waals surface area (Å²) in [6, 6.07) is 6.12. The number of hydrogen-bond donors (Lipinski definition) is 1. The Morgan fingerprint density at radius 1 is 1.04 bits per heavy atom. The molecule has 0 atom stereocenters. The molecule has 150 valence electrons. The number of carbonyl (C=O) groups excluding carboxylic acids is 3. The molecule has 0 unspecified atom stereocenters. The molecule has 0 aromatic heterocycles. The van der Waals surface area contributed by atoms with Crippen molar-refractivity contribution >= 4 is 23.5 Å². The minimum Gasteiger partial charge on any atom is -0.366 e. The van der Waals surface area contributed by atoms with Gasteiger partial charge in [-0.15, -0.1) is 0 Å². The molecule has 2 heterocycles. The van der Waals surface area contributed by atoms with Crippen LogP contribution in [0.4, 0.5) is 14.9 Å². The van der Waals surface area contributed by atoms with Crippen LogP contribution in [-0.2, 0) is 9.59 Å². The van der Waals surface area contributed by atoms with Crippen molar-refractivity contribution in [3.8, 4) is 0 Å². The van der Waals surface area contributed by atoms with Crippen molar-refractivity contribution in [1.82, 2.24) is 15.1 Å². The van der Waals surface area contributed by atoms with Crippen LogP contribution in [0.3, 0.4) is 0 Å². The zero-order valence-electron chi connectivity index (χ0n) is 15.8. The Bertz CT molecular complexity index is 785. The molecule has 2 aliphatic heterocycles. The van der Waals surface area contributed by atoms with Crippen LogP contribution in [0.25, 0.3) is 0 Å². The summed E-state index contributed by atoms with van der Waals surface area (Å²) in [5, 5.41) is 2.83. The number of anilines is 1. The molecule has 3 fully saturated rings. The highest BCUT2D eigenvalue weighted by molar-refractivity contribution is 6.09. The Balaban J connectivity index is 1.35. The standard InChI is InChI=1S/C20H25FN4O3/c21-15-6-2-3-7-16(15)23-10-12-24(13-11-23)17(26)14-25-18(27)20(22-19(25)28)8-4-1-5-9-20/h2-3,6-7H,1,4-5,8-14H2,(H,22,28). The summed E-state index contributed by atoms with van der Waals surface area (Å²) in [5.41, 5.74) is -0.276. The van der Waals surface area contributed by atoms with Crippen LogP contribution in [0.15, 0.2) is 24.3 Å². The number of benzene rings is 1. The summed E-state index contributed by atoms with van der Waals surface area (Å²) in [6.45, 7) is 1.66. The van der Waals surface area contributed by atoms with Crippen molar-refractivity contribution in [3.63, 3.8) is 0 Å². The fourth-order valence-electron chi connectivity index (χ4n) is 4.45. The van der Waals surface area contributed by atoms with E-state index in [9.17, 15) is 18.8 Å². The summed E-state index contributed by atoms with van der Waals surface area (Å²) < 4.78 is 13.9. The first-order valence-corrected chi connectivity index (χ1v) is 9.91. The van der Waals surface area contributed by atoms with Gasteiger partial charge in [0, 0.05) is 26.2 Å². The molecule has 28 heavy (non-hydrogen) atoms. The lowest BCUT2D eigenvalue weighted by Crippen LogP contribution is -2.52. The minimum absolute atomic E-state index is 0.230. The van der Waals surface area contributed by atoms with Crippen LogP contribution in [0.2, 0.25) is 0 Å². The van der Waals surface area contributed by atoms with E-state index in [4.69, 9.17) is 0 Å². The summed E-state index contributed by atoms with van der Waals surface area (Å²) in [7, 11) is 0. The Morgan fingerprint density at radius 3 is 2.39 bits per heavy atom. The number of rotatable bonds is 3. The third-order valence-corrected chi connectivity index (χ3v) is 6.07. The van der Waals surface area contributed by atoms with Crippen molar-refractivity contribution < 1.29 is 18.8 Å². The number of nitrogens with zero attached hydrogens (tertiary/aromatic N) is 3.